The molecule has 1 atom stereocenters. The van der Waals surface area contributed by atoms with Crippen molar-refractivity contribution in [3.8, 4) is 28.0 Å². The number of hydrogen-bond acceptors (Lipinski definition) is 11. The number of phenolic OH excluding ortho intramolecular Hbond substituents is 1. The third-order valence-electron chi connectivity index (χ3n) is 7.57. The highest BCUT2D eigenvalue weighted by atomic mass is 32.1. The standard InChI is InChI=1S/C32H33FN8O3S/c1-4-29(43)41(3)10-9-18(2)38-26-12-22-25(13-28(26)42)36-17-37-31(22)39-24-8-7-21(11-23(24)33)44-32-40-27(16-45-32)20-14-34-30(35-15-20)19-5-6-19/h7-8,11-19,38,42H,4-6,9-10H2,1-3H3,(H,36,37,39). The van der Waals surface area contributed by atoms with E-state index in [0.29, 0.717) is 64.3 Å². The number of aromatic nitrogens is 5. The molecule has 0 spiro atoms. The second-order valence-corrected chi connectivity index (χ2v) is 11.9. The summed E-state index contributed by atoms with van der Waals surface area (Å²) in [4.78, 5) is 35.6. The number of nitrogens with zero attached hydrogens (tertiary/aromatic N) is 6. The number of rotatable bonds is 12. The predicted molar refractivity (Wildman–Crippen MR) is 172 cm³/mol. The Kier molecular flexibility index (Phi) is 8.69. The minimum atomic E-state index is -0.545. The number of ether oxygens (including phenoxy) is 1. The minimum absolute atomic E-state index is 0.0258. The third-order valence-corrected chi connectivity index (χ3v) is 8.29. The molecular formula is C32H33FN8O3S. The van der Waals surface area contributed by atoms with Gasteiger partial charge in [-0.05, 0) is 44.4 Å². The maximum absolute atomic E-state index is 15.3. The smallest absolute Gasteiger partial charge is 0.279 e. The fraction of sp³-hybridized carbons (Fsp3) is 0.312. The van der Waals surface area contributed by atoms with Gasteiger partial charge in [0.2, 0.25) is 5.91 Å². The second-order valence-electron chi connectivity index (χ2n) is 11.1. The van der Waals surface area contributed by atoms with Crippen molar-refractivity contribution >= 4 is 45.3 Å². The van der Waals surface area contributed by atoms with E-state index in [1.807, 2.05) is 19.2 Å². The van der Waals surface area contributed by atoms with E-state index in [1.54, 1.807) is 42.5 Å². The SMILES string of the molecule is CCC(=O)N(C)CCC(C)Nc1cc2c(Nc3ccc(Oc4nc(-c5cnc(C6CC6)nc5)cs4)cc3F)ncnc2cc1O. The van der Waals surface area contributed by atoms with E-state index in [4.69, 9.17) is 4.74 Å². The summed E-state index contributed by atoms with van der Waals surface area (Å²) in [6.07, 6.45) is 8.30. The molecule has 5 aromatic rings. The Labute approximate surface area is 263 Å². The summed E-state index contributed by atoms with van der Waals surface area (Å²) in [7, 11) is 1.78. The van der Waals surface area contributed by atoms with Crippen LogP contribution in [0.5, 0.6) is 16.7 Å². The van der Waals surface area contributed by atoms with Gasteiger partial charge in [-0.15, -0.1) is 0 Å². The molecule has 13 heteroatoms. The zero-order valence-corrected chi connectivity index (χ0v) is 25.9. The Hall–Kier alpha value is -4.91. The van der Waals surface area contributed by atoms with Crippen LogP contribution in [0.3, 0.4) is 0 Å². The first kappa shape index (κ1) is 30.1. The quantitative estimate of drug-likeness (QED) is 0.126. The highest BCUT2D eigenvalue weighted by Gasteiger charge is 2.26. The Morgan fingerprint density at radius 3 is 2.69 bits per heavy atom. The number of hydrogen-bond donors (Lipinski definition) is 3. The number of benzene rings is 2. The van der Waals surface area contributed by atoms with Crippen molar-refractivity contribution in [3.63, 3.8) is 0 Å². The van der Waals surface area contributed by atoms with Crippen LogP contribution in [-0.4, -0.2) is 60.5 Å². The van der Waals surface area contributed by atoms with Gasteiger partial charge in [0.15, 0.2) is 0 Å². The summed E-state index contributed by atoms with van der Waals surface area (Å²) in [6, 6.07) is 7.71. The number of halogens is 1. The summed E-state index contributed by atoms with van der Waals surface area (Å²) in [5.41, 5.74) is 2.65. The van der Waals surface area contributed by atoms with Gasteiger partial charge in [0.25, 0.3) is 5.19 Å². The Morgan fingerprint density at radius 2 is 1.96 bits per heavy atom. The van der Waals surface area contributed by atoms with Gasteiger partial charge < -0.3 is 25.4 Å². The lowest BCUT2D eigenvalue weighted by Crippen LogP contribution is -2.30. The van der Waals surface area contributed by atoms with Crippen molar-refractivity contribution in [1.29, 1.82) is 0 Å². The number of carbonyl (C=O) groups excluding carboxylic acids is 1. The van der Waals surface area contributed by atoms with Gasteiger partial charge in [-0.3, -0.25) is 4.79 Å². The summed E-state index contributed by atoms with van der Waals surface area (Å²) < 4.78 is 21.1. The molecule has 1 aliphatic rings. The molecule has 1 amide bonds. The summed E-state index contributed by atoms with van der Waals surface area (Å²) >= 11 is 1.30. The van der Waals surface area contributed by atoms with Gasteiger partial charge in [-0.2, -0.15) is 0 Å². The lowest BCUT2D eigenvalue weighted by Gasteiger charge is -2.21. The normalized spacial score (nSPS) is 13.4. The molecule has 45 heavy (non-hydrogen) atoms. The fourth-order valence-electron chi connectivity index (χ4n) is 4.78. The number of phenols is 1. The number of nitrogens with one attached hydrogen (secondary N) is 2. The van der Waals surface area contributed by atoms with Crippen LogP contribution in [0.1, 0.15) is 51.3 Å². The largest absolute Gasteiger partial charge is 0.506 e. The molecule has 1 saturated carbocycles. The van der Waals surface area contributed by atoms with E-state index in [1.165, 1.54) is 29.8 Å². The Bertz CT molecular complexity index is 1830. The highest BCUT2D eigenvalue weighted by Crippen LogP contribution is 2.38. The molecular weight excluding hydrogens is 595 g/mol. The molecule has 11 nitrogen and oxygen atoms in total. The van der Waals surface area contributed by atoms with Gasteiger partial charge >= 0.3 is 0 Å². The van der Waals surface area contributed by atoms with Crippen LogP contribution in [0, 0.1) is 5.82 Å². The molecule has 2 aromatic carbocycles. The van der Waals surface area contributed by atoms with E-state index in [-0.39, 0.29) is 23.4 Å². The van der Waals surface area contributed by atoms with Crippen molar-refractivity contribution in [2.75, 3.05) is 24.2 Å². The Morgan fingerprint density at radius 1 is 1.16 bits per heavy atom. The topological polar surface area (TPSA) is 138 Å². The average Bonchev–Trinajstić information content (AvgIpc) is 3.79. The van der Waals surface area contributed by atoms with Gasteiger partial charge in [0, 0.05) is 72.8 Å². The van der Waals surface area contributed by atoms with E-state index < -0.39 is 5.82 Å². The van der Waals surface area contributed by atoms with Crippen LogP contribution < -0.4 is 15.4 Å². The molecule has 3 N–H and O–H groups in total. The van der Waals surface area contributed by atoms with Gasteiger partial charge in [-0.1, -0.05) is 18.3 Å². The van der Waals surface area contributed by atoms with Crippen molar-refractivity contribution < 1.29 is 19.0 Å². The van der Waals surface area contributed by atoms with E-state index >= 15 is 4.39 Å². The molecule has 0 radical (unpaired) electrons. The van der Waals surface area contributed by atoms with E-state index in [0.717, 1.165) is 24.2 Å². The van der Waals surface area contributed by atoms with E-state index in [9.17, 15) is 9.90 Å². The number of thiazole rings is 1. The van der Waals surface area contributed by atoms with Crippen molar-refractivity contribution in [1.82, 2.24) is 29.8 Å². The summed E-state index contributed by atoms with van der Waals surface area (Å²) in [6.45, 7) is 4.39. The lowest BCUT2D eigenvalue weighted by atomic mass is 10.1. The first-order valence-corrected chi connectivity index (χ1v) is 15.7. The molecule has 1 fully saturated rings. The molecule has 0 bridgehead atoms. The zero-order chi connectivity index (χ0) is 31.5. The predicted octanol–water partition coefficient (Wildman–Crippen LogP) is 6.86. The van der Waals surface area contributed by atoms with Gasteiger partial charge in [-0.25, -0.2) is 29.3 Å². The Balaban J connectivity index is 1.13. The lowest BCUT2D eigenvalue weighted by molar-refractivity contribution is -0.129. The van der Waals surface area contributed by atoms with Crippen molar-refractivity contribution in [2.45, 2.75) is 51.5 Å². The van der Waals surface area contributed by atoms with Crippen molar-refractivity contribution in [3.05, 3.63) is 66.1 Å². The number of fused-ring (bicyclic) bond motifs is 1. The van der Waals surface area contributed by atoms with Gasteiger partial charge in [0.05, 0.1) is 22.6 Å². The van der Waals surface area contributed by atoms with Crippen molar-refractivity contribution in [2.24, 2.45) is 0 Å². The molecule has 3 aromatic heterocycles. The molecule has 6 rings (SSSR count). The average molecular weight is 629 g/mol. The van der Waals surface area contributed by atoms with Crippen LogP contribution in [0.25, 0.3) is 22.2 Å². The second kappa shape index (κ2) is 13.0. The number of amides is 1. The first-order chi connectivity index (χ1) is 21.8. The molecule has 1 unspecified atom stereocenters. The van der Waals surface area contributed by atoms with Crippen LogP contribution in [0.15, 0.2) is 54.4 Å². The maximum atomic E-state index is 15.3. The molecule has 0 aliphatic heterocycles. The van der Waals surface area contributed by atoms with Crippen LogP contribution in [0.4, 0.5) is 21.6 Å². The maximum Gasteiger partial charge on any atom is 0.279 e. The highest BCUT2D eigenvalue weighted by molar-refractivity contribution is 7.11. The van der Waals surface area contributed by atoms with Gasteiger partial charge in [0.1, 0.15) is 35.3 Å². The minimum Gasteiger partial charge on any atom is -0.506 e. The first-order valence-electron chi connectivity index (χ1n) is 14.8. The molecule has 1 aliphatic carbocycles. The summed E-state index contributed by atoms with van der Waals surface area (Å²) in [5, 5.41) is 19.8. The van der Waals surface area contributed by atoms with E-state index in [2.05, 4.69) is 35.6 Å². The zero-order valence-electron chi connectivity index (χ0n) is 25.1. The van der Waals surface area contributed by atoms with Crippen LogP contribution >= 0.6 is 11.3 Å². The number of aromatic hydroxyl groups is 1. The number of anilines is 3. The summed E-state index contributed by atoms with van der Waals surface area (Å²) in [5.74, 6) is 1.57. The molecule has 3 heterocycles. The number of carbonyl (C=O) groups is 1. The third kappa shape index (κ3) is 7.09. The fourth-order valence-corrected chi connectivity index (χ4v) is 5.47. The molecule has 0 saturated heterocycles. The van der Waals surface area contributed by atoms with Crippen LogP contribution in [-0.2, 0) is 4.79 Å². The van der Waals surface area contributed by atoms with Crippen LogP contribution in [0.2, 0.25) is 0 Å². The monoisotopic (exact) mass is 628 g/mol. The molecule has 232 valence electrons.